The zero-order chi connectivity index (χ0) is 32.3. The maximum absolute atomic E-state index is 15.0. The van der Waals surface area contributed by atoms with E-state index in [-0.39, 0.29) is 34.7 Å². The zero-order valence-electron chi connectivity index (χ0n) is 23.2. The maximum Gasteiger partial charge on any atom is 0.416 e. The maximum atomic E-state index is 15.0. The Kier molecular flexibility index (Phi) is 9.24. The molecule has 1 saturated heterocycles. The summed E-state index contributed by atoms with van der Waals surface area (Å²) in [5.41, 5.74) is 1.00. The first kappa shape index (κ1) is 31.7. The average Bonchev–Trinajstić information content (AvgIpc) is 3.61. The van der Waals surface area contributed by atoms with Crippen molar-refractivity contribution < 1.29 is 40.7 Å². The van der Waals surface area contributed by atoms with Crippen LogP contribution in [0, 0.1) is 12.7 Å². The number of carbonyl (C=O) groups excluding carboxylic acids is 2. The number of hydrogen-bond acceptors (Lipinski definition) is 6. The molecule has 234 valence electrons. The van der Waals surface area contributed by atoms with Crippen LogP contribution in [0.15, 0.2) is 72.0 Å². The highest BCUT2D eigenvalue weighted by molar-refractivity contribution is 8.15. The van der Waals surface area contributed by atoms with E-state index in [4.69, 9.17) is 4.74 Å². The van der Waals surface area contributed by atoms with Gasteiger partial charge in [-0.05, 0) is 42.8 Å². The molecule has 4 aromatic rings. The Labute approximate surface area is 255 Å². The Morgan fingerprint density at radius 3 is 2.56 bits per heavy atom. The molecule has 45 heavy (non-hydrogen) atoms. The van der Waals surface area contributed by atoms with E-state index in [0.29, 0.717) is 16.8 Å². The third-order valence-electron chi connectivity index (χ3n) is 6.37. The quantitative estimate of drug-likeness (QED) is 0.210. The predicted octanol–water partition coefficient (Wildman–Crippen LogP) is 6.85. The molecule has 0 radical (unpaired) electrons. The Morgan fingerprint density at radius 2 is 1.87 bits per heavy atom. The number of aliphatic imine (C=N–C) groups is 1. The van der Waals surface area contributed by atoms with E-state index in [1.54, 1.807) is 25.1 Å². The van der Waals surface area contributed by atoms with Gasteiger partial charge in [0.25, 0.3) is 6.43 Å². The molecule has 1 aliphatic heterocycles. The van der Waals surface area contributed by atoms with Gasteiger partial charge in [-0.2, -0.15) is 18.2 Å². The van der Waals surface area contributed by atoms with Crippen molar-refractivity contribution in [3.63, 3.8) is 0 Å². The first-order valence-corrected chi connectivity index (χ1v) is 14.1. The van der Waals surface area contributed by atoms with Crippen LogP contribution < -0.4 is 10.2 Å². The molecule has 5 rings (SSSR count). The van der Waals surface area contributed by atoms with Gasteiger partial charge in [-0.1, -0.05) is 36.0 Å². The molecule has 1 N–H and O–H groups in total. The average molecular weight is 649 g/mol. The number of carbonyl (C=O) groups is 2. The summed E-state index contributed by atoms with van der Waals surface area (Å²) >= 11 is 0.979. The van der Waals surface area contributed by atoms with Crippen LogP contribution in [-0.2, 0) is 22.3 Å². The molecule has 0 saturated carbocycles. The van der Waals surface area contributed by atoms with E-state index in [9.17, 15) is 31.5 Å². The van der Waals surface area contributed by atoms with Crippen LogP contribution in [0.25, 0.3) is 17.1 Å². The number of aromatic nitrogens is 3. The highest BCUT2D eigenvalue weighted by Crippen LogP contribution is 2.32. The summed E-state index contributed by atoms with van der Waals surface area (Å²) in [6.07, 6.45) is -5.90. The molecule has 0 bridgehead atoms. The lowest BCUT2D eigenvalue weighted by molar-refractivity contribution is -0.137. The number of hydrogen-bond donors (Lipinski definition) is 1. The minimum Gasteiger partial charge on any atom is -0.371 e. The number of thioether (sulfide) groups is 1. The lowest BCUT2D eigenvalue weighted by atomic mass is 10.1. The Morgan fingerprint density at radius 1 is 1.11 bits per heavy atom. The van der Waals surface area contributed by atoms with Crippen LogP contribution in [-0.4, -0.2) is 50.7 Å². The lowest BCUT2D eigenvalue weighted by Crippen LogP contribution is -2.31. The van der Waals surface area contributed by atoms with Crippen LogP contribution in [0.5, 0.6) is 0 Å². The minimum atomic E-state index is -4.49. The summed E-state index contributed by atoms with van der Waals surface area (Å²) in [5, 5.41) is 6.52. The fourth-order valence-electron chi connectivity index (χ4n) is 4.25. The van der Waals surface area contributed by atoms with Gasteiger partial charge in [0.2, 0.25) is 5.91 Å². The fraction of sp³-hybridized carbons (Fsp3) is 0.207. The van der Waals surface area contributed by atoms with E-state index >= 15 is 4.39 Å². The number of rotatable bonds is 8. The summed E-state index contributed by atoms with van der Waals surface area (Å²) in [7, 11) is 0. The topological polar surface area (TPSA) is 102 Å². The van der Waals surface area contributed by atoms with Gasteiger partial charge >= 0.3 is 12.2 Å². The molecule has 0 aliphatic carbocycles. The number of amides is 3. The Bertz CT molecular complexity index is 1760. The van der Waals surface area contributed by atoms with E-state index in [1.165, 1.54) is 40.2 Å². The van der Waals surface area contributed by atoms with Crippen molar-refractivity contribution in [1.29, 1.82) is 0 Å². The third-order valence-corrected chi connectivity index (χ3v) is 7.29. The number of amidine groups is 1. The van der Waals surface area contributed by atoms with Crippen LogP contribution >= 0.6 is 11.8 Å². The number of urea groups is 1. The van der Waals surface area contributed by atoms with Crippen LogP contribution in [0.3, 0.4) is 0 Å². The number of alkyl halides is 5. The van der Waals surface area contributed by atoms with Crippen LogP contribution in [0.4, 0.5) is 42.5 Å². The summed E-state index contributed by atoms with van der Waals surface area (Å²) in [5.74, 6) is -1.17. The van der Waals surface area contributed by atoms with Gasteiger partial charge in [-0.25, -0.2) is 27.6 Å². The van der Waals surface area contributed by atoms with Crippen molar-refractivity contribution in [1.82, 2.24) is 14.8 Å². The summed E-state index contributed by atoms with van der Waals surface area (Å²) in [4.78, 5) is 34.7. The summed E-state index contributed by atoms with van der Waals surface area (Å²) in [6, 6.07) is 12.0. The smallest absolute Gasteiger partial charge is 0.371 e. The molecular formula is C29H22F6N6O3S. The molecule has 0 unspecified atom stereocenters. The van der Waals surface area contributed by atoms with Crippen LogP contribution in [0.2, 0.25) is 0 Å². The SMILES string of the molecule is Cc1ccc(COCC(F)F)c(N2C(=O)CSC2=NC(=O)Nc2ccc(-n3cnc(-c4ccc(C(F)(F)F)cc4)n3)cc2F)c1. The van der Waals surface area contributed by atoms with Gasteiger partial charge in [0.1, 0.15) is 18.8 Å². The molecule has 1 aromatic heterocycles. The summed E-state index contributed by atoms with van der Waals surface area (Å²) in [6.45, 7) is 0.774. The number of halogens is 6. The van der Waals surface area contributed by atoms with Crippen molar-refractivity contribution in [2.24, 2.45) is 4.99 Å². The van der Waals surface area contributed by atoms with Gasteiger partial charge in [0.15, 0.2) is 11.0 Å². The van der Waals surface area contributed by atoms with Crippen molar-refractivity contribution in [2.75, 3.05) is 22.6 Å². The minimum absolute atomic E-state index is 0.00801. The normalized spacial score (nSPS) is 14.5. The second kappa shape index (κ2) is 13.1. The molecule has 3 amide bonds. The van der Waals surface area contributed by atoms with Gasteiger partial charge in [0.05, 0.1) is 35.0 Å². The van der Waals surface area contributed by atoms with Crippen molar-refractivity contribution >= 4 is 40.2 Å². The summed E-state index contributed by atoms with van der Waals surface area (Å²) < 4.78 is 84.9. The lowest BCUT2D eigenvalue weighted by Gasteiger charge is -2.20. The molecule has 3 aromatic carbocycles. The number of aryl methyl sites for hydroxylation is 1. The monoisotopic (exact) mass is 648 g/mol. The molecular weight excluding hydrogens is 626 g/mol. The largest absolute Gasteiger partial charge is 0.416 e. The first-order chi connectivity index (χ1) is 21.4. The fourth-order valence-corrected chi connectivity index (χ4v) is 5.11. The van der Waals surface area contributed by atoms with E-state index in [0.717, 1.165) is 35.5 Å². The molecule has 0 atom stereocenters. The van der Waals surface area contributed by atoms with Crippen molar-refractivity contribution in [3.05, 3.63) is 89.5 Å². The molecule has 2 heterocycles. The second-order valence-corrected chi connectivity index (χ2v) is 10.6. The van der Waals surface area contributed by atoms with Gasteiger partial charge in [-0.15, -0.1) is 5.10 Å². The third kappa shape index (κ3) is 7.51. The number of nitrogens with zero attached hydrogens (tertiary/aromatic N) is 5. The molecule has 16 heteroatoms. The molecule has 1 aliphatic rings. The second-order valence-electron chi connectivity index (χ2n) is 9.63. The van der Waals surface area contributed by atoms with E-state index in [2.05, 4.69) is 20.4 Å². The number of nitrogens with one attached hydrogen (secondary N) is 1. The highest BCUT2D eigenvalue weighted by atomic mass is 32.2. The van der Waals surface area contributed by atoms with Crippen molar-refractivity contribution in [2.45, 2.75) is 26.1 Å². The first-order valence-electron chi connectivity index (χ1n) is 13.1. The molecule has 9 nitrogen and oxygen atoms in total. The van der Waals surface area contributed by atoms with Gasteiger partial charge in [0, 0.05) is 17.2 Å². The number of ether oxygens (including phenoxy) is 1. The van der Waals surface area contributed by atoms with Gasteiger partial charge in [-0.3, -0.25) is 9.69 Å². The van der Waals surface area contributed by atoms with Crippen molar-refractivity contribution in [3.8, 4) is 17.1 Å². The standard InChI is InChI=1S/C29H22F6N6O3S/c1-16-2-3-18(12-44-13-24(31)32)23(10-16)41-25(42)14-45-28(41)38-27(43)37-22-9-8-20(11-21(22)30)40-15-36-26(39-40)17-4-6-19(7-5-17)29(33,34)35/h2-11,15,24H,12-14H2,1H3,(H,37,43). The predicted molar refractivity (Wildman–Crippen MR) is 155 cm³/mol. The van der Waals surface area contributed by atoms with Crippen LogP contribution in [0.1, 0.15) is 16.7 Å². The number of anilines is 2. The van der Waals surface area contributed by atoms with E-state index < -0.39 is 42.5 Å². The molecule has 0 spiro atoms. The van der Waals surface area contributed by atoms with Gasteiger partial charge < -0.3 is 10.1 Å². The Balaban J connectivity index is 1.30. The molecule has 1 fully saturated rings. The van der Waals surface area contributed by atoms with E-state index in [1.807, 2.05) is 0 Å². The zero-order valence-corrected chi connectivity index (χ0v) is 24.0. The number of benzene rings is 3. The Hall–Kier alpha value is -4.70. The highest BCUT2D eigenvalue weighted by Gasteiger charge is 2.32.